The molecule has 0 radical (unpaired) electrons. The number of anilines is 1. The molecule has 4 heterocycles. The minimum atomic E-state index is -2.95. The number of hydrogen-bond acceptors (Lipinski definition) is 7. The number of benzene rings is 1. The zero-order valence-corrected chi connectivity index (χ0v) is 20.6. The molecule has 37 heavy (non-hydrogen) atoms. The van der Waals surface area contributed by atoms with Gasteiger partial charge in [-0.15, -0.1) is 0 Å². The number of pyridine rings is 1. The predicted octanol–water partition coefficient (Wildman–Crippen LogP) is 4.28. The molecule has 0 spiro atoms. The number of morpholine rings is 1. The largest absolute Gasteiger partial charge is 0.435 e. The highest BCUT2D eigenvalue weighted by molar-refractivity contribution is 5.68. The molecule has 4 aromatic rings. The van der Waals surface area contributed by atoms with Crippen LogP contribution in [-0.2, 0) is 10.3 Å². The number of aliphatic hydroxyl groups is 1. The second kappa shape index (κ2) is 9.04. The van der Waals surface area contributed by atoms with Gasteiger partial charge in [-0.2, -0.15) is 8.78 Å². The quantitative estimate of drug-likeness (QED) is 0.432. The molecule has 0 bridgehead atoms. The molecule has 3 aromatic heterocycles. The summed E-state index contributed by atoms with van der Waals surface area (Å²) in [5, 5.41) is 11.3. The molecule has 2 atom stereocenters. The van der Waals surface area contributed by atoms with E-state index >= 15 is 0 Å². The molecule has 192 valence electrons. The van der Waals surface area contributed by atoms with Crippen LogP contribution in [0.25, 0.3) is 16.8 Å². The van der Waals surface area contributed by atoms with Crippen molar-refractivity contribution < 1.29 is 23.4 Å². The van der Waals surface area contributed by atoms with E-state index in [2.05, 4.69) is 14.9 Å². The molecule has 2 aliphatic rings. The first-order valence-electron chi connectivity index (χ1n) is 12.3. The van der Waals surface area contributed by atoms with Crippen LogP contribution in [-0.4, -0.2) is 57.4 Å². The van der Waals surface area contributed by atoms with Crippen molar-refractivity contribution in [1.29, 1.82) is 0 Å². The Kier molecular flexibility index (Phi) is 5.80. The van der Waals surface area contributed by atoms with Crippen LogP contribution in [0.5, 0.6) is 5.75 Å². The van der Waals surface area contributed by atoms with Crippen LogP contribution in [0, 0.1) is 6.92 Å². The highest BCUT2D eigenvalue weighted by atomic mass is 19.3. The standard InChI is InChI=1S/C27H27F2N5O3/c1-16-11-17(18-13-30-26(31-14-18)33-7-9-36-10-8-33)15-34-22-20(12-27(2,35)23(22)32-24(16)34)19-5-3-4-6-21(19)37-25(28)29/h3-6,11,13-15,20,25,35H,7-10,12H2,1-2H3/t20-,27?/m1/s1. The fourth-order valence-electron chi connectivity index (χ4n) is 5.43. The Morgan fingerprint density at radius 1 is 1.14 bits per heavy atom. The van der Waals surface area contributed by atoms with E-state index in [1.54, 1.807) is 37.5 Å². The van der Waals surface area contributed by atoms with Crippen molar-refractivity contribution in [2.24, 2.45) is 0 Å². The van der Waals surface area contributed by atoms with E-state index in [1.807, 2.05) is 23.6 Å². The number of aromatic nitrogens is 4. The first kappa shape index (κ1) is 23.7. The lowest BCUT2D eigenvalue weighted by molar-refractivity contribution is -0.0506. The molecule has 1 saturated heterocycles. The normalized spacial score (nSPS) is 21.6. The van der Waals surface area contributed by atoms with Gasteiger partial charge in [0.1, 0.15) is 17.0 Å². The third-order valence-corrected chi connectivity index (χ3v) is 7.16. The summed E-state index contributed by atoms with van der Waals surface area (Å²) in [6.45, 7) is 3.55. The molecular weight excluding hydrogens is 480 g/mol. The summed E-state index contributed by atoms with van der Waals surface area (Å²) in [5.74, 6) is 0.380. The van der Waals surface area contributed by atoms with Crippen molar-refractivity contribution in [2.45, 2.75) is 38.4 Å². The van der Waals surface area contributed by atoms with Gasteiger partial charge in [0.05, 0.1) is 24.6 Å². The zero-order valence-electron chi connectivity index (χ0n) is 20.6. The lowest BCUT2D eigenvalue weighted by Gasteiger charge is -2.26. The van der Waals surface area contributed by atoms with E-state index in [4.69, 9.17) is 14.5 Å². The molecule has 1 aliphatic heterocycles. The van der Waals surface area contributed by atoms with E-state index in [9.17, 15) is 13.9 Å². The monoisotopic (exact) mass is 507 g/mol. The van der Waals surface area contributed by atoms with E-state index in [0.29, 0.717) is 42.5 Å². The first-order valence-corrected chi connectivity index (χ1v) is 12.3. The molecule has 1 unspecified atom stereocenters. The van der Waals surface area contributed by atoms with Crippen molar-refractivity contribution in [3.63, 3.8) is 0 Å². The number of fused-ring (bicyclic) bond motifs is 3. The molecule has 10 heteroatoms. The number of nitrogens with zero attached hydrogens (tertiary/aromatic N) is 5. The fraction of sp³-hybridized carbons (Fsp3) is 0.370. The summed E-state index contributed by atoms with van der Waals surface area (Å²) in [6.07, 6.45) is 5.86. The second-order valence-electron chi connectivity index (χ2n) is 9.77. The van der Waals surface area contributed by atoms with Gasteiger partial charge in [0, 0.05) is 54.3 Å². The van der Waals surface area contributed by atoms with Crippen LogP contribution >= 0.6 is 0 Å². The molecule has 6 rings (SSSR count). The minimum absolute atomic E-state index is 0.0982. The zero-order chi connectivity index (χ0) is 25.7. The first-order chi connectivity index (χ1) is 17.8. The smallest absolute Gasteiger partial charge is 0.387 e. The maximum atomic E-state index is 13.2. The molecule has 1 aromatic carbocycles. The Hall–Kier alpha value is -3.63. The number of aryl methyl sites for hydroxylation is 1. The maximum Gasteiger partial charge on any atom is 0.387 e. The molecule has 1 N–H and O–H groups in total. The van der Waals surface area contributed by atoms with Crippen molar-refractivity contribution in [3.8, 4) is 16.9 Å². The van der Waals surface area contributed by atoms with Crippen LogP contribution < -0.4 is 9.64 Å². The van der Waals surface area contributed by atoms with Gasteiger partial charge in [0.2, 0.25) is 5.95 Å². The van der Waals surface area contributed by atoms with Gasteiger partial charge in [-0.25, -0.2) is 15.0 Å². The summed E-state index contributed by atoms with van der Waals surface area (Å²) in [6, 6.07) is 8.76. The average Bonchev–Trinajstić information content (AvgIpc) is 3.41. The third kappa shape index (κ3) is 4.19. The highest BCUT2D eigenvalue weighted by Gasteiger charge is 2.45. The Morgan fingerprint density at radius 2 is 1.86 bits per heavy atom. The van der Waals surface area contributed by atoms with Gasteiger partial charge >= 0.3 is 6.61 Å². The number of alkyl halides is 2. The number of rotatable bonds is 5. The average molecular weight is 508 g/mol. The Balaban J connectivity index is 1.44. The molecule has 1 aliphatic carbocycles. The fourth-order valence-corrected chi connectivity index (χ4v) is 5.43. The van der Waals surface area contributed by atoms with E-state index in [1.165, 1.54) is 6.07 Å². The van der Waals surface area contributed by atoms with Gasteiger partial charge in [-0.3, -0.25) is 0 Å². The van der Waals surface area contributed by atoms with Gasteiger partial charge < -0.3 is 23.9 Å². The third-order valence-electron chi connectivity index (χ3n) is 7.16. The highest BCUT2D eigenvalue weighted by Crippen LogP contribution is 2.50. The van der Waals surface area contributed by atoms with Crippen molar-refractivity contribution in [2.75, 3.05) is 31.2 Å². The minimum Gasteiger partial charge on any atom is -0.435 e. The van der Waals surface area contributed by atoms with Gasteiger partial charge in [0.15, 0.2) is 0 Å². The van der Waals surface area contributed by atoms with E-state index in [0.717, 1.165) is 35.5 Å². The topological polar surface area (TPSA) is 85.0 Å². The summed E-state index contributed by atoms with van der Waals surface area (Å²) in [5.41, 5.74) is 4.02. The Morgan fingerprint density at radius 3 is 2.59 bits per heavy atom. The van der Waals surface area contributed by atoms with Gasteiger partial charge in [-0.05, 0) is 38.0 Å². The molecule has 8 nitrogen and oxygen atoms in total. The van der Waals surface area contributed by atoms with Crippen molar-refractivity contribution in [1.82, 2.24) is 19.4 Å². The number of halogens is 2. The lowest BCUT2D eigenvalue weighted by atomic mass is 9.93. The Labute approximate surface area is 212 Å². The van der Waals surface area contributed by atoms with Crippen LogP contribution in [0.3, 0.4) is 0 Å². The maximum absolute atomic E-state index is 13.2. The molecule has 0 saturated carbocycles. The summed E-state index contributed by atoms with van der Waals surface area (Å²) in [4.78, 5) is 16.0. The molecule has 1 fully saturated rings. The van der Waals surface area contributed by atoms with Crippen LogP contribution in [0.4, 0.5) is 14.7 Å². The summed E-state index contributed by atoms with van der Waals surface area (Å²) >= 11 is 0. The molecule has 0 amide bonds. The van der Waals surface area contributed by atoms with Crippen LogP contribution in [0.1, 0.15) is 41.8 Å². The van der Waals surface area contributed by atoms with E-state index in [-0.39, 0.29) is 11.7 Å². The number of para-hydroxylation sites is 1. The van der Waals surface area contributed by atoms with Crippen LogP contribution in [0.2, 0.25) is 0 Å². The SMILES string of the molecule is Cc1cc(-c2cnc(N3CCOCC3)nc2)cn2c3c(nc12)C(C)(O)C[C@@H]3c1ccccc1OC(F)F. The predicted molar refractivity (Wildman–Crippen MR) is 133 cm³/mol. The van der Waals surface area contributed by atoms with E-state index < -0.39 is 12.2 Å². The number of ether oxygens (including phenoxy) is 2. The second-order valence-corrected chi connectivity index (χ2v) is 9.77. The van der Waals surface area contributed by atoms with Crippen LogP contribution in [0.15, 0.2) is 48.9 Å². The van der Waals surface area contributed by atoms with Crippen molar-refractivity contribution in [3.05, 3.63) is 71.4 Å². The summed E-state index contributed by atoms with van der Waals surface area (Å²) < 4.78 is 38.5. The van der Waals surface area contributed by atoms with Crippen molar-refractivity contribution >= 4 is 11.6 Å². The lowest BCUT2D eigenvalue weighted by Crippen LogP contribution is -2.37. The Bertz CT molecular complexity index is 1450. The number of imidazole rings is 1. The van der Waals surface area contributed by atoms with Gasteiger partial charge in [-0.1, -0.05) is 18.2 Å². The summed E-state index contributed by atoms with van der Waals surface area (Å²) in [7, 11) is 0. The van der Waals surface area contributed by atoms with Gasteiger partial charge in [0.25, 0.3) is 0 Å². The number of hydrogen-bond donors (Lipinski definition) is 1. The molecular formula is C27H27F2N5O3.